The molecule has 0 spiro atoms. The van der Waals surface area contributed by atoms with Crippen molar-refractivity contribution in [3.8, 4) is 5.75 Å². The summed E-state index contributed by atoms with van der Waals surface area (Å²) in [5, 5.41) is 10.1. The van der Waals surface area contributed by atoms with E-state index in [1.807, 2.05) is 26.0 Å². The van der Waals surface area contributed by atoms with Crippen molar-refractivity contribution < 1.29 is 14.6 Å². The molecular formula is C13H15NO3. The van der Waals surface area contributed by atoms with Crippen molar-refractivity contribution in [3.63, 3.8) is 0 Å². The molecule has 4 nitrogen and oxygen atoms in total. The number of nitrogens with one attached hydrogen (secondary N) is 1. The van der Waals surface area contributed by atoms with Gasteiger partial charge in [0.25, 0.3) is 0 Å². The van der Waals surface area contributed by atoms with Gasteiger partial charge in [-0.25, -0.2) is 4.79 Å². The van der Waals surface area contributed by atoms with Crippen molar-refractivity contribution >= 4 is 16.9 Å². The van der Waals surface area contributed by atoms with Crippen LogP contribution in [0, 0.1) is 6.92 Å². The number of hydrogen-bond donors (Lipinski definition) is 2. The molecule has 1 aromatic carbocycles. The van der Waals surface area contributed by atoms with Crippen LogP contribution in [0.1, 0.15) is 28.5 Å². The van der Waals surface area contributed by atoms with Gasteiger partial charge in [-0.15, -0.1) is 0 Å². The highest BCUT2D eigenvalue weighted by Crippen LogP contribution is 2.31. The van der Waals surface area contributed by atoms with E-state index in [1.165, 1.54) is 0 Å². The van der Waals surface area contributed by atoms with Crippen LogP contribution >= 0.6 is 0 Å². The molecule has 2 N–H and O–H groups in total. The summed E-state index contributed by atoms with van der Waals surface area (Å²) in [6.45, 7) is 3.92. The maximum atomic E-state index is 11.2. The summed E-state index contributed by atoms with van der Waals surface area (Å²) in [4.78, 5) is 14.1. The van der Waals surface area contributed by atoms with Gasteiger partial charge in [-0.3, -0.25) is 0 Å². The van der Waals surface area contributed by atoms with Crippen LogP contribution < -0.4 is 4.74 Å². The van der Waals surface area contributed by atoms with Gasteiger partial charge < -0.3 is 14.8 Å². The first-order chi connectivity index (χ1) is 8.08. The Bertz CT molecular complexity index is 584. The number of carboxylic acid groups (broad SMARTS) is 1. The second-order valence-corrected chi connectivity index (χ2v) is 4.03. The van der Waals surface area contributed by atoms with Gasteiger partial charge in [-0.1, -0.05) is 6.92 Å². The number of aryl methyl sites for hydroxylation is 2. The number of benzene rings is 1. The van der Waals surface area contributed by atoms with Crippen molar-refractivity contribution in [2.24, 2.45) is 0 Å². The Morgan fingerprint density at radius 1 is 1.47 bits per heavy atom. The lowest BCUT2D eigenvalue weighted by Crippen LogP contribution is -2.00. The highest BCUT2D eigenvalue weighted by molar-refractivity contribution is 5.99. The lowest BCUT2D eigenvalue weighted by molar-refractivity contribution is 0.0690. The third-order valence-corrected chi connectivity index (χ3v) is 2.91. The van der Waals surface area contributed by atoms with Gasteiger partial charge in [-0.05, 0) is 36.6 Å². The molecule has 0 bridgehead atoms. The molecule has 4 heteroatoms. The Labute approximate surface area is 99.2 Å². The molecule has 0 aliphatic heterocycles. The minimum absolute atomic E-state index is 0.256. The summed E-state index contributed by atoms with van der Waals surface area (Å²) < 4.78 is 5.28. The van der Waals surface area contributed by atoms with Crippen LogP contribution in [-0.4, -0.2) is 23.2 Å². The van der Waals surface area contributed by atoms with E-state index < -0.39 is 5.97 Å². The highest BCUT2D eigenvalue weighted by Gasteiger charge is 2.18. The molecule has 0 aliphatic carbocycles. The van der Waals surface area contributed by atoms with Gasteiger partial charge in [0.15, 0.2) is 0 Å². The number of fused-ring (bicyclic) bond motifs is 1. The van der Waals surface area contributed by atoms with Crippen molar-refractivity contribution in [1.29, 1.82) is 0 Å². The molecule has 0 saturated carbocycles. The maximum Gasteiger partial charge on any atom is 0.352 e. The topological polar surface area (TPSA) is 62.3 Å². The molecule has 0 atom stereocenters. The smallest absolute Gasteiger partial charge is 0.352 e. The van der Waals surface area contributed by atoms with Gasteiger partial charge in [0, 0.05) is 5.39 Å². The number of methoxy groups -OCH3 is 1. The van der Waals surface area contributed by atoms with E-state index in [-0.39, 0.29) is 5.69 Å². The number of rotatable bonds is 3. The molecule has 1 aromatic heterocycles. The van der Waals surface area contributed by atoms with Gasteiger partial charge in [0.1, 0.15) is 11.4 Å². The van der Waals surface area contributed by atoms with E-state index >= 15 is 0 Å². The van der Waals surface area contributed by atoms with Crippen LogP contribution in [0.5, 0.6) is 5.75 Å². The molecule has 0 amide bonds. The summed E-state index contributed by atoms with van der Waals surface area (Å²) >= 11 is 0. The Kier molecular flexibility index (Phi) is 2.79. The molecule has 0 fully saturated rings. The lowest BCUT2D eigenvalue weighted by Gasteiger charge is -2.03. The number of carboxylic acids is 1. The first-order valence-electron chi connectivity index (χ1n) is 5.51. The molecule has 0 unspecified atom stereocenters. The predicted molar refractivity (Wildman–Crippen MR) is 65.9 cm³/mol. The summed E-state index contributed by atoms with van der Waals surface area (Å²) in [7, 11) is 1.58. The molecule has 0 radical (unpaired) electrons. The Balaban J connectivity index is 2.85. The van der Waals surface area contributed by atoms with E-state index in [0.29, 0.717) is 12.2 Å². The standard InChI is InChI=1S/C13H15NO3/c1-4-8-9-5-7(2)6-10(17-3)11(9)14-12(8)13(15)16/h5-6,14H,4H2,1-3H3,(H,15,16). The van der Waals surface area contributed by atoms with Crippen LogP contribution in [0.2, 0.25) is 0 Å². The minimum atomic E-state index is -0.933. The molecule has 0 saturated heterocycles. The molecule has 17 heavy (non-hydrogen) atoms. The van der Waals surface area contributed by atoms with Gasteiger partial charge in [0.05, 0.1) is 12.6 Å². The molecule has 2 rings (SSSR count). The molecule has 1 heterocycles. The zero-order valence-corrected chi connectivity index (χ0v) is 10.1. The molecular weight excluding hydrogens is 218 g/mol. The van der Waals surface area contributed by atoms with Crippen molar-refractivity contribution in [2.75, 3.05) is 7.11 Å². The summed E-state index contributed by atoms with van der Waals surface area (Å²) in [6, 6.07) is 3.88. The summed E-state index contributed by atoms with van der Waals surface area (Å²) in [5.41, 5.74) is 2.90. The average molecular weight is 233 g/mol. The Hall–Kier alpha value is -1.97. The van der Waals surface area contributed by atoms with Gasteiger partial charge >= 0.3 is 5.97 Å². The van der Waals surface area contributed by atoms with E-state index in [2.05, 4.69) is 4.98 Å². The third kappa shape index (κ3) is 1.75. The second kappa shape index (κ2) is 4.13. The summed E-state index contributed by atoms with van der Waals surface area (Å²) in [5.74, 6) is -0.250. The minimum Gasteiger partial charge on any atom is -0.495 e. The van der Waals surface area contributed by atoms with E-state index in [9.17, 15) is 4.79 Å². The summed E-state index contributed by atoms with van der Waals surface area (Å²) in [6.07, 6.45) is 0.675. The molecule has 0 aliphatic rings. The van der Waals surface area contributed by atoms with Gasteiger partial charge in [0.2, 0.25) is 0 Å². The zero-order valence-electron chi connectivity index (χ0n) is 10.1. The first kappa shape index (κ1) is 11.5. The zero-order chi connectivity index (χ0) is 12.6. The second-order valence-electron chi connectivity index (χ2n) is 4.03. The predicted octanol–water partition coefficient (Wildman–Crippen LogP) is 2.75. The number of H-pyrrole nitrogens is 1. The monoisotopic (exact) mass is 233 g/mol. The molecule has 2 aromatic rings. The number of hydrogen-bond acceptors (Lipinski definition) is 2. The normalized spacial score (nSPS) is 10.8. The van der Waals surface area contributed by atoms with Crippen molar-refractivity contribution in [1.82, 2.24) is 4.98 Å². The fourth-order valence-corrected chi connectivity index (χ4v) is 2.17. The van der Waals surface area contributed by atoms with E-state index in [0.717, 1.165) is 22.0 Å². The first-order valence-corrected chi connectivity index (χ1v) is 5.51. The fourth-order valence-electron chi connectivity index (χ4n) is 2.17. The van der Waals surface area contributed by atoms with Crippen LogP contribution in [0.15, 0.2) is 12.1 Å². The van der Waals surface area contributed by atoms with E-state index in [4.69, 9.17) is 9.84 Å². The van der Waals surface area contributed by atoms with E-state index in [1.54, 1.807) is 7.11 Å². The quantitative estimate of drug-likeness (QED) is 0.856. The fraction of sp³-hybridized carbons (Fsp3) is 0.308. The highest BCUT2D eigenvalue weighted by atomic mass is 16.5. The van der Waals surface area contributed by atoms with Gasteiger partial charge in [-0.2, -0.15) is 0 Å². The SMILES string of the molecule is CCc1c(C(=O)O)[nH]c2c(OC)cc(C)cc12. The van der Waals surface area contributed by atoms with Crippen LogP contribution in [0.4, 0.5) is 0 Å². The van der Waals surface area contributed by atoms with Crippen LogP contribution in [0.25, 0.3) is 10.9 Å². The van der Waals surface area contributed by atoms with Crippen LogP contribution in [-0.2, 0) is 6.42 Å². The third-order valence-electron chi connectivity index (χ3n) is 2.91. The van der Waals surface area contributed by atoms with Crippen molar-refractivity contribution in [2.45, 2.75) is 20.3 Å². The Morgan fingerprint density at radius 3 is 2.71 bits per heavy atom. The average Bonchev–Trinajstić information content (AvgIpc) is 2.66. The number of aromatic carboxylic acids is 1. The molecule has 90 valence electrons. The largest absolute Gasteiger partial charge is 0.495 e. The number of aromatic amines is 1. The number of aromatic nitrogens is 1. The number of ether oxygens (including phenoxy) is 1. The van der Waals surface area contributed by atoms with Crippen LogP contribution in [0.3, 0.4) is 0 Å². The Morgan fingerprint density at radius 2 is 2.18 bits per heavy atom. The lowest BCUT2D eigenvalue weighted by atomic mass is 10.1. The number of carbonyl (C=O) groups is 1. The van der Waals surface area contributed by atoms with Crippen molar-refractivity contribution in [3.05, 3.63) is 29.0 Å². The maximum absolute atomic E-state index is 11.2.